The van der Waals surface area contributed by atoms with Crippen molar-refractivity contribution in [2.75, 3.05) is 27.3 Å². The van der Waals surface area contributed by atoms with Crippen molar-refractivity contribution in [1.82, 2.24) is 9.88 Å². The molecule has 0 spiro atoms. The fraction of sp³-hybridized carbons (Fsp3) is 0.294. The summed E-state index contributed by atoms with van der Waals surface area (Å²) in [7, 11) is 3.16. The number of nitrogens with zero attached hydrogens (tertiary/aromatic N) is 2. The molecule has 0 unspecified atom stereocenters. The lowest BCUT2D eigenvalue weighted by atomic mass is 10.1. The van der Waals surface area contributed by atoms with E-state index in [1.807, 2.05) is 24.3 Å². The Bertz CT molecular complexity index is 681. The van der Waals surface area contributed by atoms with Crippen molar-refractivity contribution in [1.29, 1.82) is 0 Å². The molecule has 2 aromatic rings. The van der Waals surface area contributed by atoms with Gasteiger partial charge in [0.05, 0.1) is 32.9 Å². The topological polar surface area (TPSA) is 60.9 Å². The van der Waals surface area contributed by atoms with Crippen LogP contribution in [0.3, 0.4) is 0 Å². The average molecular weight is 314 g/mol. The van der Waals surface area contributed by atoms with Crippen molar-refractivity contribution in [3.63, 3.8) is 0 Å². The number of aromatic nitrogens is 1. The molecule has 1 aromatic heterocycles. The van der Waals surface area contributed by atoms with Crippen LogP contribution in [0.15, 0.2) is 42.6 Å². The normalized spacial score (nSPS) is 14.1. The Hall–Kier alpha value is -2.76. The predicted molar refractivity (Wildman–Crippen MR) is 84.1 cm³/mol. The molecule has 2 heterocycles. The Kier molecular flexibility index (Phi) is 4.32. The number of rotatable bonds is 5. The first-order valence-electron chi connectivity index (χ1n) is 7.29. The molecule has 120 valence electrons. The molecule has 1 saturated heterocycles. The van der Waals surface area contributed by atoms with Crippen molar-refractivity contribution in [3.8, 4) is 17.4 Å². The smallest absolute Gasteiger partial charge is 0.255 e. The van der Waals surface area contributed by atoms with E-state index in [4.69, 9.17) is 14.2 Å². The van der Waals surface area contributed by atoms with Gasteiger partial charge < -0.3 is 19.1 Å². The van der Waals surface area contributed by atoms with Crippen molar-refractivity contribution in [3.05, 3.63) is 48.2 Å². The van der Waals surface area contributed by atoms with E-state index >= 15 is 0 Å². The Labute approximate surface area is 134 Å². The fourth-order valence-corrected chi connectivity index (χ4v) is 2.36. The highest BCUT2D eigenvalue weighted by molar-refractivity contribution is 5.94. The lowest BCUT2D eigenvalue weighted by molar-refractivity contribution is 0.0177. The summed E-state index contributed by atoms with van der Waals surface area (Å²) < 4.78 is 16.0. The van der Waals surface area contributed by atoms with Crippen molar-refractivity contribution in [2.45, 2.75) is 6.10 Å². The molecule has 1 fully saturated rings. The van der Waals surface area contributed by atoms with Gasteiger partial charge >= 0.3 is 0 Å². The molecule has 0 N–H and O–H groups in total. The van der Waals surface area contributed by atoms with Gasteiger partial charge in [-0.1, -0.05) is 6.07 Å². The number of ether oxygens (including phenoxy) is 3. The van der Waals surface area contributed by atoms with Crippen LogP contribution in [0.4, 0.5) is 0 Å². The molecule has 0 radical (unpaired) electrons. The maximum Gasteiger partial charge on any atom is 0.255 e. The van der Waals surface area contributed by atoms with Gasteiger partial charge in [-0.2, -0.15) is 0 Å². The highest BCUT2D eigenvalue weighted by Gasteiger charge is 2.33. The minimum absolute atomic E-state index is 0.00253. The number of pyridine rings is 1. The number of hydrogen-bond donors (Lipinski definition) is 0. The second-order valence-electron chi connectivity index (χ2n) is 5.22. The second kappa shape index (κ2) is 6.56. The number of carbonyl (C=O) groups excluding carboxylic acids is 1. The number of likely N-dealkylation sites (tertiary alicyclic amines) is 1. The summed E-state index contributed by atoms with van der Waals surface area (Å²) in [6, 6.07) is 10.8. The molecule has 1 aliphatic rings. The second-order valence-corrected chi connectivity index (χ2v) is 5.22. The van der Waals surface area contributed by atoms with Gasteiger partial charge in [-0.25, -0.2) is 4.98 Å². The van der Waals surface area contributed by atoms with Crippen molar-refractivity contribution >= 4 is 5.91 Å². The van der Waals surface area contributed by atoms with E-state index in [0.717, 1.165) is 11.5 Å². The van der Waals surface area contributed by atoms with Crippen LogP contribution in [-0.2, 0) is 0 Å². The third kappa shape index (κ3) is 3.36. The zero-order valence-electron chi connectivity index (χ0n) is 13.1. The molecule has 0 bridgehead atoms. The van der Waals surface area contributed by atoms with Crippen LogP contribution in [0.2, 0.25) is 0 Å². The van der Waals surface area contributed by atoms with Gasteiger partial charge in [-0.05, 0) is 18.2 Å². The molecule has 0 atom stereocenters. The molecule has 3 rings (SSSR count). The van der Waals surface area contributed by atoms with E-state index in [9.17, 15) is 4.79 Å². The first kappa shape index (κ1) is 15.1. The zero-order valence-corrected chi connectivity index (χ0v) is 13.1. The fourth-order valence-electron chi connectivity index (χ4n) is 2.36. The summed E-state index contributed by atoms with van der Waals surface area (Å²) in [5.74, 6) is 1.93. The summed E-state index contributed by atoms with van der Waals surface area (Å²) in [5.41, 5.74) is 0.547. The van der Waals surface area contributed by atoms with E-state index < -0.39 is 0 Å². The first-order valence-corrected chi connectivity index (χ1v) is 7.29. The lowest BCUT2D eigenvalue weighted by Gasteiger charge is -2.39. The maximum absolute atomic E-state index is 12.3. The van der Waals surface area contributed by atoms with Gasteiger partial charge in [-0.15, -0.1) is 0 Å². The van der Waals surface area contributed by atoms with Crippen LogP contribution in [-0.4, -0.2) is 49.2 Å². The van der Waals surface area contributed by atoms with E-state index in [-0.39, 0.29) is 12.0 Å². The Morgan fingerprint density at radius 3 is 2.57 bits per heavy atom. The molecule has 23 heavy (non-hydrogen) atoms. The van der Waals surface area contributed by atoms with Gasteiger partial charge in [-0.3, -0.25) is 4.79 Å². The molecule has 1 aromatic carbocycles. The monoisotopic (exact) mass is 314 g/mol. The summed E-state index contributed by atoms with van der Waals surface area (Å²) in [6.07, 6.45) is 1.52. The number of hydrogen-bond acceptors (Lipinski definition) is 5. The van der Waals surface area contributed by atoms with Gasteiger partial charge in [0.15, 0.2) is 0 Å². The van der Waals surface area contributed by atoms with Crippen LogP contribution in [0.5, 0.6) is 17.4 Å². The summed E-state index contributed by atoms with van der Waals surface area (Å²) >= 11 is 0. The van der Waals surface area contributed by atoms with Crippen LogP contribution in [0.25, 0.3) is 0 Å². The van der Waals surface area contributed by atoms with Gasteiger partial charge in [0.2, 0.25) is 5.88 Å². The summed E-state index contributed by atoms with van der Waals surface area (Å²) in [4.78, 5) is 18.1. The number of methoxy groups -OCH3 is 2. The largest absolute Gasteiger partial charge is 0.497 e. The lowest BCUT2D eigenvalue weighted by Crippen LogP contribution is -2.56. The molecular weight excluding hydrogens is 296 g/mol. The number of benzene rings is 1. The van der Waals surface area contributed by atoms with E-state index in [0.29, 0.717) is 24.5 Å². The maximum atomic E-state index is 12.3. The van der Waals surface area contributed by atoms with Gasteiger partial charge in [0.1, 0.15) is 17.6 Å². The molecule has 1 amide bonds. The van der Waals surface area contributed by atoms with Crippen molar-refractivity contribution in [2.24, 2.45) is 0 Å². The number of carbonyl (C=O) groups is 1. The van der Waals surface area contributed by atoms with Gasteiger partial charge in [0.25, 0.3) is 5.91 Å². The Balaban J connectivity index is 1.54. The first-order chi connectivity index (χ1) is 11.2. The molecule has 0 saturated carbocycles. The summed E-state index contributed by atoms with van der Waals surface area (Å²) in [6.45, 7) is 1.12. The highest BCUT2D eigenvalue weighted by Crippen LogP contribution is 2.23. The van der Waals surface area contributed by atoms with Crippen molar-refractivity contribution < 1.29 is 19.0 Å². The molecule has 6 nitrogen and oxygen atoms in total. The molecular formula is C17H18N2O4. The van der Waals surface area contributed by atoms with E-state index in [2.05, 4.69) is 4.98 Å². The average Bonchev–Trinajstić information content (AvgIpc) is 2.57. The minimum Gasteiger partial charge on any atom is -0.497 e. The van der Waals surface area contributed by atoms with Crippen LogP contribution in [0, 0.1) is 0 Å². The van der Waals surface area contributed by atoms with E-state index in [1.165, 1.54) is 6.20 Å². The quantitative estimate of drug-likeness (QED) is 0.845. The minimum atomic E-state index is -0.0503. The summed E-state index contributed by atoms with van der Waals surface area (Å²) in [5, 5.41) is 0. The zero-order chi connectivity index (χ0) is 16.2. The molecule has 1 aliphatic heterocycles. The highest BCUT2D eigenvalue weighted by atomic mass is 16.5. The number of amides is 1. The predicted octanol–water partition coefficient (Wildman–Crippen LogP) is 2.00. The standard InChI is InChI=1S/C17H18N2O4/c1-21-13-4-3-5-14(8-13)23-15-10-19(11-15)17(20)12-6-7-16(22-2)18-9-12/h3-9,15H,10-11H2,1-2H3. The van der Waals surface area contributed by atoms with Crippen LogP contribution < -0.4 is 14.2 Å². The van der Waals surface area contributed by atoms with Crippen LogP contribution in [0.1, 0.15) is 10.4 Å². The third-order valence-corrected chi connectivity index (χ3v) is 3.67. The SMILES string of the molecule is COc1cccc(OC2CN(C(=O)c3ccc(OC)nc3)C2)c1. The van der Waals surface area contributed by atoms with E-state index in [1.54, 1.807) is 31.3 Å². The third-order valence-electron chi connectivity index (χ3n) is 3.67. The molecule has 6 heteroatoms. The van der Waals surface area contributed by atoms with Crippen LogP contribution >= 0.6 is 0 Å². The van der Waals surface area contributed by atoms with Gasteiger partial charge in [0, 0.05) is 18.3 Å². The Morgan fingerprint density at radius 2 is 1.91 bits per heavy atom. The Morgan fingerprint density at radius 1 is 1.13 bits per heavy atom. The molecule has 0 aliphatic carbocycles.